The molecule has 1 saturated heterocycles. The minimum absolute atomic E-state index is 0.0172. The SMILES string of the molecule is C[C@H](Oc1ccccc1)C(=O)N1CC(OCc2ccccc2Cl)C1. The maximum atomic E-state index is 12.3. The highest BCUT2D eigenvalue weighted by Gasteiger charge is 2.34. The second-order valence-electron chi connectivity index (χ2n) is 5.84. The number of likely N-dealkylation sites (tertiary alicyclic amines) is 1. The van der Waals surface area contributed by atoms with Crippen molar-refractivity contribution in [2.75, 3.05) is 13.1 Å². The topological polar surface area (TPSA) is 38.8 Å². The summed E-state index contributed by atoms with van der Waals surface area (Å²) in [6, 6.07) is 17.0. The van der Waals surface area contributed by atoms with Crippen LogP contribution >= 0.6 is 11.6 Å². The van der Waals surface area contributed by atoms with E-state index in [0.717, 1.165) is 5.56 Å². The Hall–Kier alpha value is -2.04. The maximum absolute atomic E-state index is 12.3. The van der Waals surface area contributed by atoms with Gasteiger partial charge in [0.2, 0.25) is 0 Å². The van der Waals surface area contributed by atoms with Gasteiger partial charge in [0.05, 0.1) is 12.7 Å². The molecule has 1 fully saturated rings. The fraction of sp³-hybridized carbons (Fsp3) is 0.316. The molecule has 4 nitrogen and oxygen atoms in total. The fourth-order valence-electron chi connectivity index (χ4n) is 2.56. The van der Waals surface area contributed by atoms with Gasteiger partial charge in [-0.3, -0.25) is 4.79 Å². The van der Waals surface area contributed by atoms with Crippen LogP contribution in [0.5, 0.6) is 5.75 Å². The highest BCUT2D eigenvalue weighted by molar-refractivity contribution is 6.31. The van der Waals surface area contributed by atoms with E-state index >= 15 is 0 Å². The summed E-state index contributed by atoms with van der Waals surface area (Å²) in [5, 5.41) is 0.703. The van der Waals surface area contributed by atoms with Crippen molar-refractivity contribution in [3.63, 3.8) is 0 Å². The van der Waals surface area contributed by atoms with E-state index in [1.54, 1.807) is 11.8 Å². The molecule has 2 aromatic rings. The third-order valence-corrected chi connectivity index (χ3v) is 4.36. The molecule has 1 amide bonds. The summed E-state index contributed by atoms with van der Waals surface area (Å²) in [6.45, 7) is 3.41. The van der Waals surface area contributed by atoms with E-state index in [0.29, 0.717) is 30.5 Å². The lowest BCUT2D eigenvalue weighted by Gasteiger charge is -2.40. The minimum Gasteiger partial charge on any atom is -0.481 e. The van der Waals surface area contributed by atoms with Crippen LogP contribution in [-0.4, -0.2) is 36.1 Å². The van der Waals surface area contributed by atoms with Crippen LogP contribution in [0.2, 0.25) is 5.02 Å². The van der Waals surface area contributed by atoms with Crippen molar-refractivity contribution < 1.29 is 14.3 Å². The van der Waals surface area contributed by atoms with Gasteiger partial charge in [0, 0.05) is 18.1 Å². The molecule has 0 saturated carbocycles. The number of nitrogens with zero attached hydrogens (tertiary/aromatic N) is 1. The Morgan fingerprint density at radius 3 is 2.54 bits per heavy atom. The third-order valence-electron chi connectivity index (χ3n) is 4.00. The first-order valence-corrected chi connectivity index (χ1v) is 8.37. The second kappa shape index (κ2) is 7.69. The number of amides is 1. The van der Waals surface area contributed by atoms with Crippen LogP contribution in [0, 0.1) is 0 Å². The molecule has 24 heavy (non-hydrogen) atoms. The smallest absolute Gasteiger partial charge is 0.263 e. The van der Waals surface area contributed by atoms with Crippen molar-refractivity contribution in [1.29, 1.82) is 0 Å². The minimum atomic E-state index is -0.503. The highest BCUT2D eigenvalue weighted by Crippen LogP contribution is 2.20. The highest BCUT2D eigenvalue weighted by atomic mass is 35.5. The van der Waals surface area contributed by atoms with E-state index in [1.807, 2.05) is 54.6 Å². The average Bonchev–Trinajstić information content (AvgIpc) is 2.55. The van der Waals surface area contributed by atoms with E-state index < -0.39 is 6.10 Å². The van der Waals surface area contributed by atoms with Crippen LogP contribution < -0.4 is 4.74 Å². The molecule has 0 N–H and O–H groups in total. The second-order valence-corrected chi connectivity index (χ2v) is 6.25. The van der Waals surface area contributed by atoms with Crippen LogP contribution in [0.1, 0.15) is 12.5 Å². The number of benzene rings is 2. The normalized spacial score (nSPS) is 15.7. The summed E-state index contributed by atoms with van der Waals surface area (Å²) in [6.07, 6.45) is -0.453. The number of carbonyl (C=O) groups is 1. The first-order chi connectivity index (χ1) is 11.6. The molecule has 1 aliphatic rings. The molecule has 1 heterocycles. The van der Waals surface area contributed by atoms with Gasteiger partial charge in [-0.1, -0.05) is 48.0 Å². The van der Waals surface area contributed by atoms with Crippen molar-refractivity contribution in [3.8, 4) is 5.75 Å². The number of rotatable bonds is 6. The average molecular weight is 346 g/mol. The summed E-state index contributed by atoms with van der Waals surface area (Å²) in [5.74, 6) is 0.682. The van der Waals surface area contributed by atoms with Gasteiger partial charge in [-0.2, -0.15) is 0 Å². The predicted octanol–water partition coefficient (Wildman–Crippen LogP) is 3.53. The van der Waals surface area contributed by atoms with Crippen LogP contribution in [0.15, 0.2) is 54.6 Å². The molecule has 5 heteroatoms. The first-order valence-electron chi connectivity index (χ1n) is 7.99. The van der Waals surface area contributed by atoms with Gasteiger partial charge in [-0.25, -0.2) is 0 Å². The van der Waals surface area contributed by atoms with Gasteiger partial charge in [0.15, 0.2) is 6.10 Å². The van der Waals surface area contributed by atoms with Gasteiger partial charge in [0.25, 0.3) is 5.91 Å². The number of carbonyl (C=O) groups excluding carboxylic acids is 1. The Morgan fingerprint density at radius 1 is 1.17 bits per heavy atom. The van der Waals surface area contributed by atoms with E-state index in [-0.39, 0.29) is 12.0 Å². The molecule has 1 aliphatic heterocycles. The zero-order valence-corrected chi connectivity index (χ0v) is 14.3. The van der Waals surface area contributed by atoms with Crippen molar-refractivity contribution in [1.82, 2.24) is 4.90 Å². The molecule has 0 bridgehead atoms. The van der Waals surface area contributed by atoms with Crippen LogP contribution in [0.4, 0.5) is 0 Å². The molecule has 0 spiro atoms. The van der Waals surface area contributed by atoms with Gasteiger partial charge >= 0.3 is 0 Å². The van der Waals surface area contributed by atoms with Gasteiger partial charge in [0.1, 0.15) is 5.75 Å². The lowest BCUT2D eigenvalue weighted by molar-refractivity contribution is -0.152. The summed E-state index contributed by atoms with van der Waals surface area (Å²) in [5.41, 5.74) is 0.963. The Labute approximate surface area is 146 Å². The largest absolute Gasteiger partial charge is 0.481 e. The van der Waals surface area contributed by atoms with Crippen molar-refractivity contribution in [2.45, 2.75) is 25.7 Å². The molecule has 0 unspecified atom stereocenters. The molecular weight excluding hydrogens is 326 g/mol. The zero-order chi connectivity index (χ0) is 16.9. The van der Waals surface area contributed by atoms with E-state index in [2.05, 4.69) is 0 Å². The van der Waals surface area contributed by atoms with E-state index in [9.17, 15) is 4.79 Å². The van der Waals surface area contributed by atoms with Crippen LogP contribution in [-0.2, 0) is 16.1 Å². The van der Waals surface area contributed by atoms with Crippen molar-refractivity contribution in [2.24, 2.45) is 0 Å². The zero-order valence-electron chi connectivity index (χ0n) is 13.5. The van der Waals surface area contributed by atoms with Crippen LogP contribution in [0.3, 0.4) is 0 Å². The Kier molecular flexibility index (Phi) is 5.38. The summed E-state index contributed by atoms with van der Waals surface area (Å²) in [4.78, 5) is 14.1. The number of hydrogen-bond acceptors (Lipinski definition) is 3. The lowest BCUT2D eigenvalue weighted by atomic mass is 10.1. The molecular formula is C19H20ClNO3. The van der Waals surface area contributed by atoms with E-state index in [4.69, 9.17) is 21.1 Å². The number of hydrogen-bond donors (Lipinski definition) is 0. The molecule has 0 aliphatic carbocycles. The van der Waals surface area contributed by atoms with Crippen molar-refractivity contribution >= 4 is 17.5 Å². The molecule has 1 atom stereocenters. The summed E-state index contributed by atoms with van der Waals surface area (Å²) >= 11 is 6.11. The number of ether oxygens (including phenoxy) is 2. The Morgan fingerprint density at radius 2 is 1.83 bits per heavy atom. The Bertz CT molecular complexity index is 686. The molecule has 3 rings (SSSR count). The molecule has 0 radical (unpaired) electrons. The van der Waals surface area contributed by atoms with Crippen molar-refractivity contribution in [3.05, 3.63) is 65.2 Å². The number of para-hydroxylation sites is 1. The molecule has 0 aromatic heterocycles. The molecule has 2 aromatic carbocycles. The predicted molar refractivity (Wildman–Crippen MR) is 93.1 cm³/mol. The Balaban J connectivity index is 1.42. The molecule has 126 valence electrons. The maximum Gasteiger partial charge on any atom is 0.263 e. The van der Waals surface area contributed by atoms with Crippen LogP contribution in [0.25, 0.3) is 0 Å². The quantitative estimate of drug-likeness (QED) is 0.804. The van der Waals surface area contributed by atoms with Gasteiger partial charge < -0.3 is 14.4 Å². The number of halogens is 1. The van der Waals surface area contributed by atoms with Gasteiger partial charge in [-0.05, 0) is 30.7 Å². The van der Waals surface area contributed by atoms with E-state index in [1.165, 1.54) is 0 Å². The third kappa shape index (κ3) is 4.08. The summed E-state index contributed by atoms with van der Waals surface area (Å²) < 4.78 is 11.5. The fourth-order valence-corrected chi connectivity index (χ4v) is 2.75. The lowest BCUT2D eigenvalue weighted by Crippen LogP contribution is -2.57. The standard InChI is InChI=1S/C19H20ClNO3/c1-14(24-16-8-3-2-4-9-16)19(22)21-11-17(12-21)23-13-15-7-5-6-10-18(15)20/h2-10,14,17H,11-13H2,1H3/t14-/m0/s1. The first kappa shape index (κ1) is 16.8. The van der Waals surface area contributed by atoms with Gasteiger partial charge in [-0.15, -0.1) is 0 Å². The summed E-state index contributed by atoms with van der Waals surface area (Å²) in [7, 11) is 0. The monoisotopic (exact) mass is 345 g/mol.